The van der Waals surface area contributed by atoms with Crippen molar-refractivity contribution in [3.05, 3.63) is 46.7 Å². The number of aryl methyl sites for hydroxylation is 1. The third-order valence-corrected chi connectivity index (χ3v) is 4.52. The first-order valence-electron chi connectivity index (χ1n) is 7.56. The Morgan fingerprint density at radius 2 is 2.00 bits per heavy atom. The lowest BCUT2D eigenvalue weighted by atomic mass is 10.2. The monoisotopic (exact) mass is 343 g/mol. The molecule has 2 aromatic rings. The number of furan rings is 1. The van der Waals surface area contributed by atoms with Crippen LogP contribution in [0.4, 0.5) is 5.88 Å². The molecule has 0 aliphatic rings. The number of nitrogens with zero attached hydrogens (tertiary/aromatic N) is 2. The van der Waals surface area contributed by atoms with Crippen molar-refractivity contribution in [1.82, 2.24) is 4.90 Å². The number of likely N-dealkylation sites (N-methyl/N-ethyl adjacent to an activating group) is 1. The Bertz CT molecular complexity index is 760. The molecular formula is C18H21N3O2S. The molecule has 1 amide bonds. The van der Waals surface area contributed by atoms with E-state index >= 15 is 0 Å². The molecule has 5 nitrogen and oxygen atoms in total. The highest BCUT2D eigenvalue weighted by Crippen LogP contribution is 2.25. The van der Waals surface area contributed by atoms with Gasteiger partial charge in [0, 0.05) is 17.0 Å². The van der Waals surface area contributed by atoms with E-state index in [1.807, 2.05) is 18.2 Å². The van der Waals surface area contributed by atoms with E-state index in [1.165, 1.54) is 4.90 Å². The van der Waals surface area contributed by atoms with Crippen LogP contribution >= 0.6 is 11.8 Å². The summed E-state index contributed by atoms with van der Waals surface area (Å²) in [7, 11) is 1.88. The largest absolute Gasteiger partial charge is 0.444 e. The molecule has 0 radical (unpaired) electrons. The predicted molar refractivity (Wildman–Crippen MR) is 96.1 cm³/mol. The first kappa shape index (κ1) is 18.1. The Labute approximate surface area is 146 Å². The summed E-state index contributed by atoms with van der Waals surface area (Å²) in [6.45, 7) is 4.46. The van der Waals surface area contributed by atoms with E-state index in [0.717, 1.165) is 11.1 Å². The predicted octanol–water partition coefficient (Wildman–Crippen LogP) is 3.56. The molecule has 0 saturated carbocycles. The Hall–Kier alpha value is -2.23. The Morgan fingerprint density at radius 3 is 2.58 bits per heavy atom. The van der Waals surface area contributed by atoms with Gasteiger partial charge in [0.15, 0.2) is 0 Å². The van der Waals surface area contributed by atoms with Crippen LogP contribution in [0.1, 0.15) is 22.5 Å². The zero-order valence-electron chi connectivity index (χ0n) is 14.3. The van der Waals surface area contributed by atoms with Crippen molar-refractivity contribution in [2.75, 3.05) is 25.2 Å². The number of nitrogens with one attached hydrogen (secondary N) is 1. The maximum Gasteiger partial charge on any atom is 0.240 e. The minimum Gasteiger partial charge on any atom is -0.444 e. The molecule has 0 spiro atoms. The van der Waals surface area contributed by atoms with Crippen molar-refractivity contribution >= 4 is 23.6 Å². The van der Waals surface area contributed by atoms with Crippen LogP contribution < -0.4 is 5.32 Å². The molecule has 2 rings (SSSR count). The van der Waals surface area contributed by atoms with Gasteiger partial charge in [0.1, 0.15) is 17.4 Å². The molecule has 0 atom stereocenters. The Balaban J connectivity index is 1.94. The van der Waals surface area contributed by atoms with Gasteiger partial charge in [-0.05, 0) is 44.8 Å². The number of thioether (sulfide) groups is 1. The second-order valence-corrected chi connectivity index (χ2v) is 6.55. The highest BCUT2D eigenvalue weighted by atomic mass is 32.2. The zero-order chi connectivity index (χ0) is 17.7. The molecule has 0 fully saturated rings. The van der Waals surface area contributed by atoms with Crippen LogP contribution in [0.2, 0.25) is 0 Å². The summed E-state index contributed by atoms with van der Waals surface area (Å²) in [5.41, 5.74) is 2.29. The first-order chi connectivity index (χ1) is 11.4. The summed E-state index contributed by atoms with van der Waals surface area (Å²) >= 11 is 1.70. The van der Waals surface area contributed by atoms with E-state index in [0.29, 0.717) is 17.9 Å². The summed E-state index contributed by atoms with van der Waals surface area (Å²) in [4.78, 5) is 15.3. The fourth-order valence-electron chi connectivity index (χ4n) is 2.36. The molecular weight excluding hydrogens is 322 g/mol. The minimum atomic E-state index is -0.205. The van der Waals surface area contributed by atoms with Gasteiger partial charge in [0.2, 0.25) is 11.8 Å². The average molecular weight is 343 g/mol. The molecule has 0 aliphatic carbocycles. The van der Waals surface area contributed by atoms with Crippen LogP contribution in [0.5, 0.6) is 0 Å². The molecule has 0 aliphatic heterocycles. The third kappa shape index (κ3) is 4.40. The summed E-state index contributed by atoms with van der Waals surface area (Å²) in [6.07, 6.45) is 2.04. The van der Waals surface area contributed by atoms with Crippen molar-refractivity contribution in [2.24, 2.45) is 0 Å². The van der Waals surface area contributed by atoms with Crippen LogP contribution in [0, 0.1) is 25.2 Å². The van der Waals surface area contributed by atoms with Gasteiger partial charge in [-0.2, -0.15) is 5.26 Å². The van der Waals surface area contributed by atoms with E-state index in [9.17, 15) is 10.1 Å². The SMILES string of the molecule is CSc1ccc(CN(C)CC(=O)Nc2oc(C)c(C)c2C#N)cc1. The van der Waals surface area contributed by atoms with Crippen molar-refractivity contribution in [3.63, 3.8) is 0 Å². The van der Waals surface area contributed by atoms with Gasteiger partial charge in [-0.1, -0.05) is 12.1 Å². The number of rotatable bonds is 6. The van der Waals surface area contributed by atoms with Gasteiger partial charge in [0.25, 0.3) is 0 Å². The number of carbonyl (C=O) groups is 1. The Kier molecular flexibility index (Phi) is 6.07. The van der Waals surface area contributed by atoms with Gasteiger partial charge in [0.05, 0.1) is 6.54 Å². The smallest absolute Gasteiger partial charge is 0.240 e. The topological polar surface area (TPSA) is 69.3 Å². The molecule has 126 valence electrons. The van der Waals surface area contributed by atoms with Gasteiger partial charge >= 0.3 is 0 Å². The molecule has 1 N–H and O–H groups in total. The zero-order valence-corrected chi connectivity index (χ0v) is 15.2. The number of hydrogen-bond acceptors (Lipinski definition) is 5. The van der Waals surface area contributed by atoms with Gasteiger partial charge in [-0.25, -0.2) is 0 Å². The number of hydrogen-bond donors (Lipinski definition) is 1. The minimum absolute atomic E-state index is 0.205. The maximum atomic E-state index is 12.2. The van der Waals surface area contributed by atoms with Gasteiger partial charge in [-0.15, -0.1) is 11.8 Å². The van der Waals surface area contributed by atoms with E-state index in [1.54, 1.807) is 25.6 Å². The van der Waals surface area contributed by atoms with Crippen molar-refractivity contribution in [2.45, 2.75) is 25.3 Å². The van der Waals surface area contributed by atoms with Crippen LogP contribution in [0.25, 0.3) is 0 Å². The fraction of sp³-hybridized carbons (Fsp3) is 0.333. The summed E-state index contributed by atoms with van der Waals surface area (Å²) < 4.78 is 5.46. The van der Waals surface area contributed by atoms with Gasteiger partial charge in [-0.3, -0.25) is 15.0 Å². The van der Waals surface area contributed by atoms with E-state index in [2.05, 4.69) is 35.7 Å². The molecule has 6 heteroatoms. The van der Waals surface area contributed by atoms with Crippen LogP contribution in [-0.4, -0.2) is 30.7 Å². The van der Waals surface area contributed by atoms with Crippen LogP contribution in [-0.2, 0) is 11.3 Å². The summed E-state index contributed by atoms with van der Waals surface area (Å²) in [5.74, 6) is 0.669. The quantitative estimate of drug-likeness (QED) is 0.812. The molecule has 1 aromatic carbocycles. The highest BCUT2D eigenvalue weighted by molar-refractivity contribution is 7.98. The van der Waals surface area contributed by atoms with Gasteiger partial charge < -0.3 is 4.42 Å². The lowest BCUT2D eigenvalue weighted by Crippen LogP contribution is -2.29. The normalized spacial score (nSPS) is 10.7. The second kappa shape index (κ2) is 8.04. The highest BCUT2D eigenvalue weighted by Gasteiger charge is 2.17. The molecule has 24 heavy (non-hydrogen) atoms. The van der Waals surface area contributed by atoms with Crippen molar-refractivity contribution in [3.8, 4) is 6.07 Å². The molecule has 0 unspecified atom stereocenters. The lowest BCUT2D eigenvalue weighted by molar-refractivity contribution is -0.117. The average Bonchev–Trinajstić information content (AvgIpc) is 2.81. The number of anilines is 1. The van der Waals surface area contributed by atoms with E-state index in [-0.39, 0.29) is 18.3 Å². The second-order valence-electron chi connectivity index (χ2n) is 5.67. The molecule has 0 saturated heterocycles. The van der Waals surface area contributed by atoms with E-state index < -0.39 is 0 Å². The first-order valence-corrected chi connectivity index (χ1v) is 8.78. The number of carbonyl (C=O) groups excluding carboxylic acids is 1. The third-order valence-electron chi connectivity index (χ3n) is 3.78. The van der Waals surface area contributed by atoms with Crippen molar-refractivity contribution in [1.29, 1.82) is 5.26 Å². The molecule has 0 bridgehead atoms. The number of amides is 1. The van der Waals surface area contributed by atoms with Crippen LogP contribution in [0.3, 0.4) is 0 Å². The Morgan fingerprint density at radius 1 is 1.33 bits per heavy atom. The molecule has 1 heterocycles. The number of benzene rings is 1. The maximum absolute atomic E-state index is 12.2. The van der Waals surface area contributed by atoms with E-state index in [4.69, 9.17) is 4.42 Å². The summed E-state index contributed by atoms with van der Waals surface area (Å²) in [5, 5.41) is 11.9. The summed E-state index contributed by atoms with van der Waals surface area (Å²) in [6, 6.07) is 10.3. The molecule has 1 aromatic heterocycles. The fourth-order valence-corrected chi connectivity index (χ4v) is 2.77. The van der Waals surface area contributed by atoms with Crippen molar-refractivity contribution < 1.29 is 9.21 Å². The lowest BCUT2D eigenvalue weighted by Gasteiger charge is -2.16. The van der Waals surface area contributed by atoms with Crippen LogP contribution in [0.15, 0.2) is 33.6 Å². The standard InChI is InChI=1S/C18H21N3O2S/c1-12-13(2)23-18(16(12)9-19)20-17(22)11-21(3)10-14-5-7-15(24-4)8-6-14/h5-8H,10-11H2,1-4H3,(H,20,22). The number of nitriles is 1.